The molecule has 0 aliphatic carbocycles. The molecule has 23 heteroatoms. The summed E-state index contributed by atoms with van der Waals surface area (Å²) in [5, 5.41) is 2.13. The number of benzene rings is 7. The SMILES string of the molecule is CCN1CCN(c2cccc3c2CN([C@H](CCCN(C)Cc2ccco2)c2ccc(OC)c(OC)c2)C3=O)CC1.CCN1CCN(c2cccc3c2CN([C@H](CCCN(C)Cc2cccs2)c2ccc(OC)c(OC)c2)C3=O)CC1.CCN1CCN(c2cccc3c2CN([C@H](CCCN(Cc2ccccc2)C(C)C)c2ccc(OC)c(OC)c2)C3=O)CC1. The van der Waals surface area contributed by atoms with Crippen LogP contribution in [0.2, 0.25) is 0 Å². The molecule has 9 aromatic rings. The van der Waals surface area contributed by atoms with E-state index in [1.54, 1.807) is 60.3 Å². The number of piperazine rings is 3. The smallest absolute Gasteiger partial charge is 0.255 e. The van der Waals surface area contributed by atoms with Gasteiger partial charge < -0.3 is 81.8 Å². The molecule has 123 heavy (non-hydrogen) atoms. The Balaban J connectivity index is 0.000000159. The third kappa shape index (κ3) is 22.2. The average molecular weight is 1690 g/mol. The number of furan rings is 1. The van der Waals surface area contributed by atoms with Crippen LogP contribution in [0.4, 0.5) is 17.1 Å². The number of hydrogen-bond acceptors (Lipinski definition) is 20. The summed E-state index contributed by atoms with van der Waals surface area (Å²) >= 11 is 1.80. The van der Waals surface area contributed by atoms with Crippen LogP contribution in [-0.2, 0) is 39.3 Å². The quantitative estimate of drug-likeness (QED) is 0.0362. The van der Waals surface area contributed by atoms with Gasteiger partial charge in [-0.3, -0.25) is 24.2 Å². The standard InChI is InChI=1S/C36H48N4O3.C32H42N4O4.C32H42N4O3S/c1-6-37-20-22-38(23-21-37)33-15-10-14-30-31(33)26-40(36(30)41)32(29-17-18-34(42-4)35(24-29)43-5)16-11-19-39(27(2)3)25-28-12-8-7-9-13-28;2*1-5-34-16-18-35(19-17-34)29-11-6-10-26-27(29)23-36(32(26)37)28(24-13-14-30(38-3)31(21-24)39-4)12-7-15-33(2)22-25-9-8-20-40-25/h7-10,12-15,17-18,24,27,32H,6,11,16,19-23,25-26H2,1-5H3;2*6,8-11,13-14,20-21,28H,5,7,12,15-19,22-23H2,1-4H3/t32-;2*28-/m111/s1. The number of likely N-dealkylation sites (N-methyl/N-ethyl adjacent to an activating group) is 3. The van der Waals surface area contributed by atoms with E-state index < -0.39 is 0 Å². The van der Waals surface area contributed by atoms with E-state index in [1.807, 2.05) is 72.8 Å². The van der Waals surface area contributed by atoms with Gasteiger partial charge in [-0.2, -0.15) is 0 Å². The summed E-state index contributed by atoms with van der Waals surface area (Å²) in [4.78, 5) is 71.6. The Kier molecular flexibility index (Phi) is 32.4. The highest BCUT2D eigenvalue weighted by Gasteiger charge is 2.41. The molecule has 8 heterocycles. The molecule has 3 amide bonds. The highest BCUT2D eigenvalue weighted by atomic mass is 32.1. The van der Waals surface area contributed by atoms with Crippen LogP contribution in [0.5, 0.6) is 34.5 Å². The zero-order valence-electron chi connectivity index (χ0n) is 75.1. The predicted molar refractivity (Wildman–Crippen MR) is 494 cm³/mol. The van der Waals surface area contributed by atoms with Gasteiger partial charge in [0.05, 0.1) is 73.6 Å². The lowest BCUT2D eigenvalue weighted by Gasteiger charge is -2.36. The molecule has 0 N–H and O–H groups in total. The number of carbonyl (C=O) groups excluding carboxylic acids is 3. The lowest BCUT2D eigenvalue weighted by molar-refractivity contribution is 0.0677. The summed E-state index contributed by atoms with van der Waals surface area (Å²) < 4.78 is 39.1. The van der Waals surface area contributed by atoms with Crippen molar-refractivity contribution in [2.75, 3.05) is 189 Å². The Morgan fingerprint density at radius 1 is 0.390 bits per heavy atom. The average Bonchev–Trinajstić information content (AvgIpc) is 1.63. The molecular weight excluding hydrogens is 1560 g/mol. The van der Waals surface area contributed by atoms with Gasteiger partial charge in [-0.15, -0.1) is 11.3 Å². The van der Waals surface area contributed by atoms with Crippen LogP contribution in [-0.4, -0.2) is 242 Å². The van der Waals surface area contributed by atoms with Crippen molar-refractivity contribution in [3.8, 4) is 34.5 Å². The summed E-state index contributed by atoms with van der Waals surface area (Å²) in [6.07, 6.45) is 7.16. The largest absolute Gasteiger partial charge is 0.493 e. The van der Waals surface area contributed by atoms with Crippen molar-refractivity contribution in [1.82, 2.24) is 44.1 Å². The first kappa shape index (κ1) is 90.6. The second kappa shape index (κ2) is 44.0. The van der Waals surface area contributed by atoms with Crippen LogP contribution in [0.25, 0.3) is 0 Å². The number of rotatable bonds is 37. The monoisotopic (exact) mass is 1690 g/mol. The fourth-order valence-electron chi connectivity index (χ4n) is 18.7. The summed E-state index contributed by atoms with van der Waals surface area (Å²) in [6.45, 7) is 34.0. The molecule has 0 bridgehead atoms. The van der Waals surface area contributed by atoms with E-state index in [-0.39, 0.29) is 35.8 Å². The van der Waals surface area contributed by atoms with Crippen LogP contribution >= 0.6 is 11.3 Å². The van der Waals surface area contributed by atoms with Gasteiger partial charge in [-0.05, 0) is 224 Å². The molecule has 7 aromatic carbocycles. The van der Waals surface area contributed by atoms with Crippen LogP contribution in [0.3, 0.4) is 0 Å². The lowest BCUT2D eigenvalue weighted by Crippen LogP contribution is -2.46. The number of anilines is 3. The first-order chi connectivity index (χ1) is 60.0. The van der Waals surface area contributed by atoms with Gasteiger partial charge in [-0.1, -0.05) is 93.6 Å². The van der Waals surface area contributed by atoms with Crippen molar-refractivity contribution in [1.29, 1.82) is 0 Å². The lowest BCUT2D eigenvalue weighted by atomic mass is 9.99. The molecule has 3 saturated heterocycles. The molecule has 0 radical (unpaired) electrons. The fraction of sp³-hybridized carbons (Fsp3) is 0.470. The second-order valence-corrected chi connectivity index (χ2v) is 34.5. The van der Waals surface area contributed by atoms with Gasteiger partial charge in [0.1, 0.15) is 5.76 Å². The normalized spacial score (nSPS) is 16.4. The summed E-state index contributed by atoms with van der Waals surface area (Å²) in [7, 11) is 14.2. The first-order valence-corrected chi connectivity index (χ1v) is 45.4. The van der Waals surface area contributed by atoms with E-state index in [0.29, 0.717) is 60.2 Å². The Labute approximate surface area is 735 Å². The zero-order chi connectivity index (χ0) is 86.5. The van der Waals surface area contributed by atoms with E-state index in [4.69, 9.17) is 32.8 Å². The molecule has 6 aliphatic heterocycles. The highest BCUT2D eigenvalue weighted by Crippen LogP contribution is 2.46. The Morgan fingerprint density at radius 2 is 0.764 bits per heavy atom. The Morgan fingerprint density at radius 3 is 1.10 bits per heavy atom. The maximum absolute atomic E-state index is 14.1. The Bertz CT molecular complexity index is 4660. The maximum Gasteiger partial charge on any atom is 0.255 e. The van der Waals surface area contributed by atoms with Crippen molar-refractivity contribution in [2.24, 2.45) is 0 Å². The minimum Gasteiger partial charge on any atom is -0.493 e. The number of amides is 3. The number of methoxy groups -OCH3 is 6. The summed E-state index contributed by atoms with van der Waals surface area (Å²) in [6, 6.07) is 56.1. The van der Waals surface area contributed by atoms with Crippen LogP contribution in [0.15, 0.2) is 180 Å². The molecule has 0 saturated carbocycles. The van der Waals surface area contributed by atoms with Crippen molar-refractivity contribution in [3.63, 3.8) is 0 Å². The van der Waals surface area contributed by atoms with E-state index in [9.17, 15) is 14.4 Å². The molecule has 3 fully saturated rings. The molecule has 2 aromatic heterocycles. The number of ether oxygens (including phenoxy) is 6. The van der Waals surface area contributed by atoms with Crippen LogP contribution < -0.4 is 43.1 Å². The van der Waals surface area contributed by atoms with Crippen molar-refractivity contribution >= 4 is 46.1 Å². The molecule has 3 atom stereocenters. The molecular formula is C100H132N12O10S. The number of nitrogens with zero attached hydrogens (tertiary/aromatic N) is 12. The highest BCUT2D eigenvalue weighted by molar-refractivity contribution is 7.09. The van der Waals surface area contributed by atoms with E-state index in [1.165, 1.54) is 27.5 Å². The minimum atomic E-state index is -0.0819. The molecule has 22 nitrogen and oxygen atoms in total. The number of thiophene rings is 1. The van der Waals surface area contributed by atoms with Crippen molar-refractivity contribution < 1.29 is 47.2 Å². The minimum absolute atomic E-state index is 0.0559. The predicted octanol–water partition coefficient (Wildman–Crippen LogP) is 16.8. The van der Waals surface area contributed by atoms with Crippen molar-refractivity contribution in [2.45, 2.75) is 137 Å². The van der Waals surface area contributed by atoms with Crippen molar-refractivity contribution in [3.05, 3.63) is 242 Å². The van der Waals surface area contributed by atoms with Crippen LogP contribution in [0.1, 0.15) is 172 Å². The van der Waals surface area contributed by atoms with Gasteiger partial charge in [0.2, 0.25) is 0 Å². The van der Waals surface area contributed by atoms with Crippen LogP contribution in [0, 0.1) is 0 Å². The zero-order valence-corrected chi connectivity index (χ0v) is 75.9. The number of carbonyl (C=O) groups is 3. The fourth-order valence-corrected chi connectivity index (χ4v) is 19.5. The van der Waals surface area contributed by atoms with Gasteiger partial charge in [0, 0.05) is 173 Å². The van der Waals surface area contributed by atoms with Gasteiger partial charge in [0.15, 0.2) is 34.5 Å². The van der Waals surface area contributed by atoms with E-state index in [0.717, 1.165) is 232 Å². The molecule has 6 aliphatic rings. The first-order valence-electron chi connectivity index (χ1n) is 44.5. The van der Waals surface area contributed by atoms with Gasteiger partial charge in [-0.25, -0.2) is 0 Å². The van der Waals surface area contributed by atoms with Gasteiger partial charge in [0.25, 0.3) is 17.7 Å². The van der Waals surface area contributed by atoms with E-state index >= 15 is 0 Å². The third-order valence-electron chi connectivity index (χ3n) is 25.8. The topological polar surface area (TPSA) is 159 Å². The number of hydrogen-bond donors (Lipinski definition) is 0. The maximum atomic E-state index is 14.1. The van der Waals surface area contributed by atoms with Gasteiger partial charge >= 0.3 is 0 Å². The summed E-state index contributed by atoms with van der Waals surface area (Å²) in [5.74, 6) is 5.45. The summed E-state index contributed by atoms with van der Waals surface area (Å²) in [5.41, 5.74) is 14.2. The molecule has 0 spiro atoms. The number of fused-ring (bicyclic) bond motifs is 3. The molecule has 15 rings (SSSR count). The third-order valence-corrected chi connectivity index (χ3v) is 26.7. The molecule has 658 valence electrons. The molecule has 0 unspecified atom stereocenters. The Hall–Kier alpha value is -10.1. The van der Waals surface area contributed by atoms with E-state index in [2.05, 4.69) is 204 Å². The second-order valence-electron chi connectivity index (χ2n) is 33.5.